The molecular weight excluding hydrogens is 202 g/mol. The molecule has 7 nitrogen and oxygen atoms in total. The number of rotatable bonds is 6. The van der Waals surface area contributed by atoms with Gasteiger partial charge in [0, 0.05) is 6.42 Å². The van der Waals surface area contributed by atoms with Gasteiger partial charge in [0.05, 0.1) is 6.04 Å². The molecule has 0 heterocycles. The first-order valence-corrected chi connectivity index (χ1v) is 4.41. The fourth-order valence-corrected chi connectivity index (χ4v) is 0.847. The molecule has 0 saturated carbocycles. The monoisotopic (exact) mass is 217 g/mol. The van der Waals surface area contributed by atoms with E-state index in [2.05, 4.69) is 5.32 Å². The van der Waals surface area contributed by atoms with Crippen LogP contribution < -0.4 is 16.8 Å². The maximum Gasteiger partial charge on any atom is 0.326 e. The number of aliphatic carboxylic acids is 1. The Morgan fingerprint density at radius 1 is 1.40 bits per heavy atom. The van der Waals surface area contributed by atoms with Gasteiger partial charge in [0.2, 0.25) is 11.8 Å². The third kappa shape index (κ3) is 5.63. The molecule has 0 aliphatic heterocycles. The molecule has 15 heavy (non-hydrogen) atoms. The van der Waals surface area contributed by atoms with Crippen molar-refractivity contribution in [1.29, 1.82) is 0 Å². The number of carboxylic acid groups (broad SMARTS) is 1. The lowest BCUT2D eigenvalue weighted by Gasteiger charge is -2.14. The van der Waals surface area contributed by atoms with Crippen molar-refractivity contribution in [2.45, 2.75) is 31.8 Å². The number of nitrogens with two attached hydrogens (primary N) is 2. The normalized spacial score (nSPS) is 14.0. The van der Waals surface area contributed by atoms with Crippen LogP contribution in [0.15, 0.2) is 0 Å². The van der Waals surface area contributed by atoms with Crippen LogP contribution in [0.4, 0.5) is 0 Å². The molecule has 6 N–H and O–H groups in total. The van der Waals surface area contributed by atoms with Crippen LogP contribution >= 0.6 is 0 Å². The first-order valence-electron chi connectivity index (χ1n) is 4.41. The third-order valence-corrected chi connectivity index (χ3v) is 1.71. The van der Waals surface area contributed by atoms with Crippen molar-refractivity contribution in [3.8, 4) is 0 Å². The summed E-state index contributed by atoms with van der Waals surface area (Å²) in [4.78, 5) is 32.2. The van der Waals surface area contributed by atoms with E-state index in [9.17, 15) is 14.4 Å². The Kier molecular flexibility index (Phi) is 5.32. The summed E-state index contributed by atoms with van der Waals surface area (Å²) in [7, 11) is 0. The highest BCUT2D eigenvalue weighted by molar-refractivity contribution is 5.86. The van der Waals surface area contributed by atoms with Crippen LogP contribution in [0, 0.1) is 0 Å². The molecule has 7 heteroatoms. The first kappa shape index (κ1) is 13.4. The van der Waals surface area contributed by atoms with Crippen LogP contribution in [0.25, 0.3) is 0 Å². The molecule has 0 fully saturated rings. The summed E-state index contributed by atoms with van der Waals surface area (Å²) in [5.41, 5.74) is 10.1. The Morgan fingerprint density at radius 2 is 1.93 bits per heavy atom. The highest BCUT2D eigenvalue weighted by Crippen LogP contribution is 1.97. The predicted octanol–water partition coefficient (Wildman–Crippen LogP) is -1.83. The molecule has 86 valence electrons. The Hall–Kier alpha value is -1.63. The maximum atomic E-state index is 11.1. The second kappa shape index (κ2) is 5.97. The molecule has 0 rings (SSSR count). The van der Waals surface area contributed by atoms with Gasteiger partial charge >= 0.3 is 5.97 Å². The van der Waals surface area contributed by atoms with E-state index in [1.54, 1.807) is 0 Å². The van der Waals surface area contributed by atoms with Gasteiger partial charge < -0.3 is 21.9 Å². The number of hydrogen-bond donors (Lipinski definition) is 4. The van der Waals surface area contributed by atoms with Crippen LogP contribution in [-0.2, 0) is 14.4 Å². The van der Waals surface area contributed by atoms with E-state index < -0.39 is 29.9 Å². The SMILES string of the molecule is C[C@H](N)C(=O)N[C@H](CCC(N)=O)C(=O)O. The van der Waals surface area contributed by atoms with Crippen molar-refractivity contribution in [2.75, 3.05) is 0 Å². The van der Waals surface area contributed by atoms with Gasteiger partial charge in [-0.1, -0.05) is 0 Å². The number of carboxylic acids is 1. The Balaban J connectivity index is 4.22. The lowest BCUT2D eigenvalue weighted by Crippen LogP contribution is -2.47. The van der Waals surface area contributed by atoms with Crippen molar-refractivity contribution < 1.29 is 19.5 Å². The van der Waals surface area contributed by atoms with Crippen LogP contribution in [0.2, 0.25) is 0 Å². The minimum absolute atomic E-state index is 0.0386. The molecule has 0 aliphatic rings. The fraction of sp³-hybridized carbons (Fsp3) is 0.625. The highest BCUT2D eigenvalue weighted by Gasteiger charge is 2.21. The molecule has 0 radical (unpaired) electrons. The molecule has 0 spiro atoms. The van der Waals surface area contributed by atoms with Crippen LogP contribution in [0.1, 0.15) is 19.8 Å². The van der Waals surface area contributed by atoms with Crippen LogP contribution in [0.5, 0.6) is 0 Å². The Labute approximate surface area is 86.8 Å². The molecular formula is C8H15N3O4. The number of carbonyl (C=O) groups excluding carboxylic acids is 2. The molecule has 0 aromatic carbocycles. The second-order valence-corrected chi connectivity index (χ2v) is 3.19. The van der Waals surface area contributed by atoms with E-state index in [1.807, 2.05) is 0 Å². The molecule has 0 saturated heterocycles. The van der Waals surface area contributed by atoms with Gasteiger partial charge in [-0.15, -0.1) is 0 Å². The Bertz CT molecular complexity index is 265. The van der Waals surface area contributed by atoms with Crippen LogP contribution in [-0.4, -0.2) is 35.0 Å². The van der Waals surface area contributed by atoms with Gasteiger partial charge in [-0.2, -0.15) is 0 Å². The van der Waals surface area contributed by atoms with Crippen molar-refractivity contribution in [3.63, 3.8) is 0 Å². The van der Waals surface area contributed by atoms with E-state index in [1.165, 1.54) is 6.92 Å². The average Bonchev–Trinajstić information content (AvgIpc) is 2.10. The summed E-state index contributed by atoms with van der Waals surface area (Å²) < 4.78 is 0. The van der Waals surface area contributed by atoms with E-state index in [0.717, 1.165) is 0 Å². The molecule has 0 bridgehead atoms. The van der Waals surface area contributed by atoms with Gasteiger partial charge in [0.1, 0.15) is 6.04 Å². The van der Waals surface area contributed by atoms with Gasteiger partial charge in [-0.3, -0.25) is 9.59 Å². The van der Waals surface area contributed by atoms with Gasteiger partial charge in [0.25, 0.3) is 0 Å². The fourth-order valence-electron chi connectivity index (χ4n) is 0.847. The van der Waals surface area contributed by atoms with Crippen molar-refractivity contribution >= 4 is 17.8 Å². The Morgan fingerprint density at radius 3 is 2.27 bits per heavy atom. The maximum absolute atomic E-state index is 11.1. The van der Waals surface area contributed by atoms with Gasteiger partial charge in [-0.25, -0.2) is 4.79 Å². The number of nitrogens with one attached hydrogen (secondary N) is 1. The number of primary amides is 1. The zero-order chi connectivity index (χ0) is 12.0. The van der Waals surface area contributed by atoms with E-state index >= 15 is 0 Å². The lowest BCUT2D eigenvalue weighted by molar-refractivity contribution is -0.142. The molecule has 0 aliphatic carbocycles. The summed E-state index contributed by atoms with van der Waals surface area (Å²) in [6, 6.07) is -1.92. The zero-order valence-corrected chi connectivity index (χ0v) is 8.40. The summed E-state index contributed by atoms with van der Waals surface area (Å²) in [6.07, 6.45) is -0.140. The quantitative estimate of drug-likeness (QED) is 0.415. The summed E-state index contributed by atoms with van der Waals surface area (Å²) >= 11 is 0. The number of amides is 2. The minimum atomic E-state index is -1.22. The molecule has 0 unspecified atom stereocenters. The predicted molar refractivity (Wildman–Crippen MR) is 51.6 cm³/mol. The minimum Gasteiger partial charge on any atom is -0.480 e. The molecule has 2 amide bonds. The topological polar surface area (TPSA) is 136 Å². The largest absolute Gasteiger partial charge is 0.480 e. The van der Waals surface area contributed by atoms with Crippen molar-refractivity contribution in [3.05, 3.63) is 0 Å². The van der Waals surface area contributed by atoms with Crippen molar-refractivity contribution in [2.24, 2.45) is 11.5 Å². The van der Waals surface area contributed by atoms with E-state index in [0.29, 0.717) is 0 Å². The summed E-state index contributed by atoms with van der Waals surface area (Å²) in [5.74, 6) is -2.41. The number of hydrogen-bond acceptors (Lipinski definition) is 4. The molecule has 0 aromatic heterocycles. The number of carbonyl (C=O) groups is 3. The van der Waals surface area contributed by atoms with E-state index in [4.69, 9.17) is 16.6 Å². The van der Waals surface area contributed by atoms with Crippen LogP contribution in [0.3, 0.4) is 0 Å². The molecule has 0 aromatic rings. The van der Waals surface area contributed by atoms with Crippen molar-refractivity contribution in [1.82, 2.24) is 5.32 Å². The average molecular weight is 217 g/mol. The smallest absolute Gasteiger partial charge is 0.326 e. The van der Waals surface area contributed by atoms with Gasteiger partial charge in [0.15, 0.2) is 0 Å². The summed E-state index contributed by atoms with van der Waals surface area (Å²) in [5, 5.41) is 10.9. The van der Waals surface area contributed by atoms with Gasteiger partial charge in [-0.05, 0) is 13.3 Å². The summed E-state index contributed by atoms with van der Waals surface area (Å²) in [6.45, 7) is 1.43. The first-order chi connectivity index (χ1) is 6.84. The molecule has 2 atom stereocenters. The zero-order valence-electron chi connectivity index (χ0n) is 8.40. The second-order valence-electron chi connectivity index (χ2n) is 3.19. The highest BCUT2D eigenvalue weighted by atomic mass is 16.4. The third-order valence-electron chi connectivity index (χ3n) is 1.71. The lowest BCUT2D eigenvalue weighted by atomic mass is 10.1. The van der Waals surface area contributed by atoms with E-state index in [-0.39, 0.29) is 12.8 Å². The standard InChI is InChI=1S/C8H15N3O4/c1-4(9)7(13)11-5(8(14)15)2-3-6(10)12/h4-5H,2-3,9H2,1H3,(H2,10,12)(H,11,13)(H,14,15)/t4-,5+/m0/s1.